The quantitative estimate of drug-likeness (QED) is 0.596. The summed E-state index contributed by atoms with van der Waals surface area (Å²) in [6, 6.07) is 2.94. The molecule has 0 unspecified atom stereocenters. The van der Waals surface area contributed by atoms with E-state index in [1.165, 1.54) is 19.1 Å². The third-order valence-electron chi connectivity index (χ3n) is 2.39. The molecule has 1 aromatic carbocycles. The number of nitrogens with one attached hydrogen (secondary N) is 2. The maximum Gasteiger partial charge on any atom is 0.251 e. The molecule has 0 aliphatic carbocycles. The molecule has 0 aromatic heterocycles. The fourth-order valence-electron chi connectivity index (χ4n) is 1.49. The van der Waals surface area contributed by atoms with E-state index in [9.17, 15) is 9.59 Å². The number of ether oxygens (including phenoxy) is 1. The summed E-state index contributed by atoms with van der Waals surface area (Å²) in [7, 11) is 0. The highest BCUT2D eigenvalue weighted by Crippen LogP contribution is 2.34. The van der Waals surface area contributed by atoms with Gasteiger partial charge in [-0.2, -0.15) is 0 Å². The molecule has 0 saturated heterocycles. The normalized spacial score (nSPS) is 9.86. The predicted octanol–water partition coefficient (Wildman–Crippen LogP) is 2.42. The van der Waals surface area contributed by atoms with E-state index in [-0.39, 0.29) is 28.5 Å². The van der Waals surface area contributed by atoms with E-state index < -0.39 is 0 Å². The van der Waals surface area contributed by atoms with Crippen LogP contribution in [0, 0.1) is 0 Å². The maximum atomic E-state index is 11.9. The van der Waals surface area contributed by atoms with Gasteiger partial charge in [0.25, 0.3) is 5.91 Å². The van der Waals surface area contributed by atoms with Crippen molar-refractivity contribution in [2.24, 2.45) is 0 Å². The van der Waals surface area contributed by atoms with Crippen molar-refractivity contribution in [2.45, 2.75) is 6.92 Å². The van der Waals surface area contributed by atoms with Crippen molar-refractivity contribution < 1.29 is 14.3 Å². The van der Waals surface area contributed by atoms with Crippen LogP contribution in [0.1, 0.15) is 17.3 Å². The van der Waals surface area contributed by atoms with Gasteiger partial charge in [0.2, 0.25) is 5.91 Å². The molecule has 0 aliphatic heterocycles. The summed E-state index contributed by atoms with van der Waals surface area (Å²) in [4.78, 5) is 22.6. The molecule has 0 bridgehead atoms. The molecule has 0 saturated carbocycles. The van der Waals surface area contributed by atoms with E-state index >= 15 is 0 Å². The van der Waals surface area contributed by atoms with Gasteiger partial charge >= 0.3 is 0 Å². The van der Waals surface area contributed by atoms with Gasteiger partial charge < -0.3 is 15.4 Å². The fourth-order valence-corrected chi connectivity index (χ4v) is 2.08. The topological polar surface area (TPSA) is 67.4 Å². The van der Waals surface area contributed by atoms with Crippen LogP contribution in [-0.2, 0) is 4.79 Å². The summed E-state index contributed by atoms with van der Waals surface area (Å²) in [6.07, 6.45) is 1.56. The summed E-state index contributed by atoms with van der Waals surface area (Å²) in [6.45, 7) is 5.86. The Morgan fingerprint density at radius 2 is 1.81 bits per heavy atom. The van der Waals surface area contributed by atoms with Crippen molar-refractivity contribution in [2.75, 3.05) is 19.7 Å². The zero-order valence-electron chi connectivity index (χ0n) is 11.5. The molecule has 7 heteroatoms. The lowest BCUT2D eigenvalue weighted by molar-refractivity contribution is -0.118. The minimum absolute atomic E-state index is 0.154. The first-order chi connectivity index (χ1) is 9.95. The van der Waals surface area contributed by atoms with Crippen molar-refractivity contribution in [3.05, 3.63) is 40.4 Å². The Bertz CT molecular complexity index is 524. The van der Waals surface area contributed by atoms with E-state index in [0.717, 1.165) is 0 Å². The van der Waals surface area contributed by atoms with Crippen LogP contribution in [0.2, 0.25) is 10.0 Å². The minimum atomic E-state index is -0.334. The molecule has 1 rings (SSSR count). The Morgan fingerprint density at radius 1 is 1.24 bits per heavy atom. The summed E-state index contributed by atoms with van der Waals surface area (Å²) in [5, 5.41) is 5.71. The number of rotatable bonds is 7. The molecule has 2 N–H and O–H groups in total. The molecule has 114 valence electrons. The Kier molecular flexibility index (Phi) is 7.05. The van der Waals surface area contributed by atoms with Crippen LogP contribution in [0.4, 0.5) is 0 Å². The van der Waals surface area contributed by atoms with Crippen LogP contribution in [0.15, 0.2) is 24.8 Å². The van der Waals surface area contributed by atoms with Crippen LogP contribution >= 0.6 is 23.2 Å². The second-order valence-corrected chi connectivity index (χ2v) is 4.92. The first-order valence-electron chi connectivity index (χ1n) is 6.21. The number of amides is 2. The van der Waals surface area contributed by atoms with Crippen LogP contribution in [0.3, 0.4) is 0 Å². The highest BCUT2D eigenvalue weighted by atomic mass is 35.5. The first-order valence-corrected chi connectivity index (χ1v) is 6.96. The predicted molar refractivity (Wildman–Crippen MR) is 83.2 cm³/mol. The second-order valence-electron chi connectivity index (χ2n) is 4.11. The lowest BCUT2D eigenvalue weighted by atomic mass is 10.2. The summed E-state index contributed by atoms with van der Waals surface area (Å²) < 4.78 is 5.32. The molecule has 0 aliphatic rings. The zero-order valence-corrected chi connectivity index (χ0v) is 13.1. The lowest BCUT2D eigenvalue weighted by Gasteiger charge is -2.11. The van der Waals surface area contributed by atoms with Gasteiger partial charge in [0, 0.05) is 25.6 Å². The Labute approximate surface area is 133 Å². The molecule has 0 heterocycles. The maximum absolute atomic E-state index is 11.9. The van der Waals surface area contributed by atoms with Gasteiger partial charge in [-0.1, -0.05) is 35.9 Å². The van der Waals surface area contributed by atoms with E-state index in [0.29, 0.717) is 24.4 Å². The second kappa shape index (κ2) is 8.54. The van der Waals surface area contributed by atoms with E-state index in [2.05, 4.69) is 17.2 Å². The number of carbonyl (C=O) groups is 2. The third-order valence-corrected chi connectivity index (χ3v) is 2.95. The SMILES string of the molecule is C=CCOc1c(Cl)cc(C(=O)NCCNC(C)=O)cc1Cl. The molecule has 2 amide bonds. The summed E-state index contributed by atoms with van der Waals surface area (Å²) in [5.41, 5.74) is 0.318. The Hall–Kier alpha value is -1.72. The van der Waals surface area contributed by atoms with E-state index in [1.54, 1.807) is 6.08 Å². The highest BCUT2D eigenvalue weighted by molar-refractivity contribution is 6.37. The van der Waals surface area contributed by atoms with Crippen molar-refractivity contribution in [3.8, 4) is 5.75 Å². The molecular weight excluding hydrogens is 315 g/mol. The molecule has 5 nitrogen and oxygen atoms in total. The summed E-state index contributed by atoms with van der Waals surface area (Å²) >= 11 is 12.1. The van der Waals surface area contributed by atoms with Crippen LogP contribution < -0.4 is 15.4 Å². The number of halogens is 2. The van der Waals surface area contributed by atoms with E-state index in [1.807, 2.05) is 0 Å². The first kappa shape index (κ1) is 17.3. The van der Waals surface area contributed by atoms with Gasteiger partial charge in [0.05, 0.1) is 10.0 Å². The molecular formula is C14H16Cl2N2O3. The van der Waals surface area contributed by atoms with Gasteiger partial charge in [-0.15, -0.1) is 0 Å². The lowest BCUT2D eigenvalue weighted by Crippen LogP contribution is -2.33. The fraction of sp³-hybridized carbons (Fsp3) is 0.286. The Morgan fingerprint density at radius 3 is 2.33 bits per heavy atom. The standard InChI is InChI=1S/C14H16Cl2N2O3/c1-3-6-21-13-11(15)7-10(8-12(13)16)14(20)18-5-4-17-9(2)19/h3,7-8H,1,4-6H2,2H3,(H,17,19)(H,18,20). The van der Waals surface area contributed by atoms with Crippen LogP contribution in [0.5, 0.6) is 5.75 Å². The van der Waals surface area contributed by atoms with Gasteiger partial charge in [-0.3, -0.25) is 9.59 Å². The number of benzene rings is 1. The van der Waals surface area contributed by atoms with Gasteiger partial charge in [0.15, 0.2) is 5.75 Å². The molecule has 0 atom stereocenters. The van der Waals surface area contributed by atoms with Gasteiger partial charge in [-0.05, 0) is 12.1 Å². The molecule has 21 heavy (non-hydrogen) atoms. The minimum Gasteiger partial charge on any atom is -0.486 e. The Balaban J connectivity index is 2.68. The van der Waals surface area contributed by atoms with E-state index in [4.69, 9.17) is 27.9 Å². The number of carbonyl (C=O) groups excluding carboxylic acids is 2. The average Bonchev–Trinajstić information content (AvgIpc) is 2.42. The van der Waals surface area contributed by atoms with Gasteiger partial charge in [0.1, 0.15) is 6.61 Å². The highest BCUT2D eigenvalue weighted by Gasteiger charge is 2.13. The number of hydrogen-bond acceptors (Lipinski definition) is 3. The molecule has 0 radical (unpaired) electrons. The summed E-state index contributed by atoms with van der Waals surface area (Å²) in [5.74, 6) is -0.175. The monoisotopic (exact) mass is 330 g/mol. The zero-order chi connectivity index (χ0) is 15.8. The average molecular weight is 331 g/mol. The smallest absolute Gasteiger partial charge is 0.251 e. The van der Waals surface area contributed by atoms with Crippen molar-refractivity contribution in [1.82, 2.24) is 10.6 Å². The molecule has 0 fully saturated rings. The van der Waals surface area contributed by atoms with Crippen LogP contribution in [0.25, 0.3) is 0 Å². The van der Waals surface area contributed by atoms with Crippen molar-refractivity contribution in [3.63, 3.8) is 0 Å². The largest absolute Gasteiger partial charge is 0.486 e. The third kappa shape index (κ3) is 5.65. The molecule has 1 aromatic rings. The number of hydrogen-bond donors (Lipinski definition) is 2. The van der Waals surface area contributed by atoms with Gasteiger partial charge in [-0.25, -0.2) is 0 Å². The van der Waals surface area contributed by atoms with Crippen LogP contribution in [-0.4, -0.2) is 31.5 Å². The molecule has 0 spiro atoms. The van der Waals surface area contributed by atoms with Crippen molar-refractivity contribution in [1.29, 1.82) is 0 Å². The van der Waals surface area contributed by atoms with Crippen molar-refractivity contribution >= 4 is 35.0 Å².